The second-order valence-corrected chi connectivity index (χ2v) is 7.19. The first kappa shape index (κ1) is 20.9. The first-order valence-corrected chi connectivity index (χ1v) is 9.72. The van der Waals surface area contributed by atoms with Crippen LogP contribution in [0.25, 0.3) is 0 Å². The average molecular weight is 419 g/mol. The Morgan fingerprint density at radius 1 is 1.21 bits per heavy atom. The summed E-state index contributed by atoms with van der Waals surface area (Å²) in [4.78, 5) is 27.7. The lowest BCUT2D eigenvalue weighted by molar-refractivity contribution is -0.385. The number of benzene rings is 2. The third-order valence-electron chi connectivity index (χ3n) is 4.77. The average Bonchev–Trinajstić information content (AvgIpc) is 2.69. The van der Waals surface area contributed by atoms with Gasteiger partial charge in [-0.1, -0.05) is 11.6 Å². The van der Waals surface area contributed by atoms with Crippen molar-refractivity contribution in [1.82, 2.24) is 4.90 Å². The first-order valence-electron chi connectivity index (χ1n) is 9.34. The van der Waals surface area contributed by atoms with Crippen LogP contribution in [0, 0.1) is 10.1 Å². The van der Waals surface area contributed by atoms with Crippen LogP contribution in [0.1, 0.15) is 17.3 Å². The van der Waals surface area contributed by atoms with Gasteiger partial charge in [0.2, 0.25) is 0 Å². The van der Waals surface area contributed by atoms with Gasteiger partial charge in [0.1, 0.15) is 0 Å². The molecule has 1 aliphatic heterocycles. The Morgan fingerprint density at radius 2 is 1.93 bits per heavy atom. The van der Waals surface area contributed by atoms with Crippen molar-refractivity contribution in [1.29, 1.82) is 0 Å². The number of anilines is 2. The quantitative estimate of drug-likeness (QED) is 0.569. The highest BCUT2D eigenvalue weighted by atomic mass is 35.5. The fraction of sp³-hybridized carbons (Fsp3) is 0.350. The van der Waals surface area contributed by atoms with Crippen molar-refractivity contribution in [3.63, 3.8) is 0 Å². The molecule has 1 aliphatic rings. The SMILES string of the molecule is CCOc1ccc(C(=O)Nc2ccc(N3CCN(C)CC3)c(Cl)c2)cc1[N+](=O)[O-]. The smallest absolute Gasteiger partial charge is 0.311 e. The Kier molecular flexibility index (Phi) is 6.56. The van der Waals surface area contributed by atoms with Gasteiger partial charge in [0.15, 0.2) is 5.75 Å². The molecule has 0 atom stereocenters. The molecule has 1 amide bonds. The van der Waals surface area contributed by atoms with Crippen LogP contribution < -0.4 is 15.0 Å². The molecule has 1 heterocycles. The highest BCUT2D eigenvalue weighted by Crippen LogP contribution is 2.31. The number of amides is 1. The number of ether oxygens (including phenoxy) is 1. The molecule has 0 aliphatic carbocycles. The summed E-state index contributed by atoms with van der Waals surface area (Å²) in [5, 5.41) is 14.5. The molecule has 2 aromatic carbocycles. The number of nitro groups is 1. The van der Waals surface area contributed by atoms with Crippen molar-refractivity contribution in [3.05, 3.63) is 57.1 Å². The summed E-state index contributed by atoms with van der Waals surface area (Å²) in [5.74, 6) is -0.326. The van der Waals surface area contributed by atoms with Crippen molar-refractivity contribution in [3.8, 4) is 5.75 Å². The van der Waals surface area contributed by atoms with Crippen LogP contribution in [0.5, 0.6) is 5.75 Å². The Bertz CT molecular complexity index is 913. The molecule has 8 nitrogen and oxygen atoms in total. The van der Waals surface area contributed by atoms with Gasteiger partial charge in [0, 0.05) is 43.5 Å². The molecule has 0 spiro atoms. The molecule has 0 saturated carbocycles. The minimum absolute atomic E-state index is 0.133. The van der Waals surface area contributed by atoms with E-state index in [0.29, 0.717) is 17.3 Å². The van der Waals surface area contributed by atoms with Gasteiger partial charge in [-0.3, -0.25) is 14.9 Å². The fourth-order valence-corrected chi connectivity index (χ4v) is 3.47. The van der Waals surface area contributed by atoms with E-state index in [-0.39, 0.29) is 17.0 Å². The Hall–Kier alpha value is -2.84. The van der Waals surface area contributed by atoms with E-state index in [2.05, 4.69) is 22.2 Å². The van der Waals surface area contributed by atoms with Crippen LogP contribution in [0.3, 0.4) is 0 Å². The second-order valence-electron chi connectivity index (χ2n) is 6.78. The summed E-state index contributed by atoms with van der Waals surface area (Å²) < 4.78 is 5.25. The van der Waals surface area contributed by atoms with Gasteiger partial charge < -0.3 is 19.9 Å². The van der Waals surface area contributed by atoms with Crippen molar-refractivity contribution in [2.45, 2.75) is 6.92 Å². The lowest BCUT2D eigenvalue weighted by Crippen LogP contribution is -2.44. The molecule has 0 aromatic heterocycles. The minimum Gasteiger partial charge on any atom is -0.487 e. The first-order chi connectivity index (χ1) is 13.9. The highest BCUT2D eigenvalue weighted by Gasteiger charge is 2.20. The monoisotopic (exact) mass is 418 g/mol. The normalized spacial score (nSPS) is 14.5. The number of carbonyl (C=O) groups is 1. The molecule has 2 aromatic rings. The van der Waals surface area contributed by atoms with Crippen LogP contribution in [0.2, 0.25) is 5.02 Å². The zero-order chi connectivity index (χ0) is 21.0. The summed E-state index contributed by atoms with van der Waals surface area (Å²) in [6.45, 7) is 5.73. The second kappa shape index (κ2) is 9.11. The van der Waals surface area contributed by atoms with E-state index in [9.17, 15) is 14.9 Å². The van der Waals surface area contributed by atoms with Crippen LogP contribution >= 0.6 is 11.6 Å². The summed E-state index contributed by atoms with van der Waals surface area (Å²) in [6.07, 6.45) is 0. The zero-order valence-corrected chi connectivity index (χ0v) is 17.1. The van der Waals surface area contributed by atoms with Gasteiger partial charge in [-0.05, 0) is 44.3 Å². The van der Waals surface area contributed by atoms with Gasteiger partial charge in [0.25, 0.3) is 5.91 Å². The van der Waals surface area contributed by atoms with Crippen LogP contribution in [-0.2, 0) is 0 Å². The van der Waals surface area contributed by atoms with E-state index in [4.69, 9.17) is 16.3 Å². The number of nitrogens with one attached hydrogen (secondary N) is 1. The van der Waals surface area contributed by atoms with E-state index in [1.54, 1.807) is 19.1 Å². The molecular weight excluding hydrogens is 396 g/mol. The molecule has 29 heavy (non-hydrogen) atoms. The highest BCUT2D eigenvalue weighted by molar-refractivity contribution is 6.33. The number of hydrogen-bond donors (Lipinski definition) is 1. The third kappa shape index (κ3) is 4.96. The molecule has 1 N–H and O–H groups in total. The molecule has 9 heteroatoms. The lowest BCUT2D eigenvalue weighted by atomic mass is 10.1. The van der Waals surface area contributed by atoms with Gasteiger partial charge in [0.05, 0.1) is 22.2 Å². The van der Waals surface area contributed by atoms with E-state index < -0.39 is 10.8 Å². The summed E-state index contributed by atoms with van der Waals surface area (Å²) in [6, 6.07) is 9.48. The van der Waals surface area contributed by atoms with Crippen molar-refractivity contribution >= 4 is 34.6 Å². The number of likely N-dealkylation sites (N-methyl/N-ethyl adjacent to an activating group) is 1. The lowest BCUT2D eigenvalue weighted by Gasteiger charge is -2.34. The summed E-state index contributed by atoms with van der Waals surface area (Å²) in [7, 11) is 2.09. The van der Waals surface area contributed by atoms with Crippen LogP contribution in [0.4, 0.5) is 17.1 Å². The van der Waals surface area contributed by atoms with Crippen LogP contribution in [0.15, 0.2) is 36.4 Å². The molecule has 0 bridgehead atoms. The van der Waals surface area contributed by atoms with Crippen molar-refractivity contribution in [2.75, 3.05) is 50.1 Å². The number of hydrogen-bond acceptors (Lipinski definition) is 6. The maximum atomic E-state index is 12.6. The summed E-state index contributed by atoms with van der Waals surface area (Å²) in [5.41, 5.74) is 1.37. The van der Waals surface area contributed by atoms with Gasteiger partial charge >= 0.3 is 5.69 Å². The zero-order valence-electron chi connectivity index (χ0n) is 16.4. The molecule has 1 fully saturated rings. The number of piperazine rings is 1. The number of nitro benzene ring substituents is 1. The molecule has 3 rings (SSSR count). The van der Waals surface area contributed by atoms with E-state index in [1.807, 2.05) is 6.07 Å². The molecule has 154 valence electrons. The molecule has 0 unspecified atom stereocenters. The Balaban J connectivity index is 1.74. The van der Waals surface area contributed by atoms with Crippen molar-refractivity contribution in [2.24, 2.45) is 0 Å². The molecular formula is C20H23ClN4O4. The standard InChI is InChI=1S/C20H23ClN4O4/c1-3-29-19-7-4-14(12-18(19)25(27)28)20(26)22-15-5-6-17(16(21)13-15)24-10-8-23(2)9-11-24/h4-7,12-13H,3,8-11H2,1-2H3,(H,22,26). The van der Waals surface area contributed by atoms with E-state index in [1.165, 1.54) is 18.2 Å². The van der Waals surface area contributed by atoms with E-state index >= 15 is 0 Å². The Labute approximate surface area is 174 Å². The largest absolute Gasteiger partial charge is 0.487 e. The van der Waals surface area contributed by atoms with Crippen LogP contribution in [-0.4, -0.2) is 55.6 Å². The number of nitrogens with zero attached hydrogens (tertiary/aromatic N) is 3. The topological polar surface area (TPSA) is 88.0 Å². The number of halogens is 1. The maximum absolute atomic E-state index is 12.6. The van der Waals surface area contributed by atoms with Gasteiger partial charge in [-0.2, -0.15) is 0 Å². The summed E-state index contributed by atoms with van der Waals surface area (Å²) >= 11 is 6.44. The number of carbonyl (C=O) groups excluding carboxylic acids is 1. The van der Waals surface area contributed by atoms with Gasteiger partial charge in [-0.25, -0.2) is 0 Å². The third-order valence-corrected chi connectivity index (χ3v) is 5.07. The maximum Gasteiger partial charge on any atom is 0.311 e. The fourth-order valence-electron chi connectivity index (χ4n) is 3.17. The minimum atomic E-state index is -0.566. The van der Waals surface area contributed by atoms with Crippen molar-refractivity contribution < 1.29 is 14.5 Å². The predicted molar refractivity (Wildman–Crippen MR) is 113 cm³/mol. The number of rotatable bonds is 6. The molecule has 0 radical (unpaired) electrons. The predicted octanol–water partition coefficient (Wildman–Crippen LogP) is 3.65. The Morgan fingerprint density at radius 3 is 2.55 bits per heavy atom. The van der Waals surface area contributed by atoms with Gasteiger partial charge in [-0.15, -0.1) is 0 Å². The van der Waals surface area contributed by atoms with E-state index in [0.717, 1.165) is 31.9 Å². The molecule has 1 saturated heterocycles.